The molecule has 1 aliphatic carbocycles. The third kappa shape index (κ3) is 5.96. The first kappa shape index (κ1) is 27.6. The van der Waals surface area contributed by atoms with Crippen LogP contribution in [0.15, 0.2) is 79.1 Å². The van der Waals surface area contributed by atoms with Crippen LogP contribution < -0.4 is 10.6 Å². The fourth-order valence-corrected chi connectivity index (χ4v) is 5.49. The van der Waals surface area contributed by atoms with E-state index < -0.39 is 6.02 Å². The van der Waals surface area contributed by atoms with E-state index in [9.17, 15) is 16.7 Å². The number of anilines is 2. The number of fused-ring (bicyclic) bond motifs is 1. The van der Waals surface area contributed by atoms with Crippen molar-refractivity contribution in [1.82, 2.24) is 20.0 Å². The van der Waals surface area contributed by atoms with Crippen LogP contribution in [-0.2, 0) is 0 Å². The van der Waals surface area contributed by atoms with Gasteiger partial charge in [0.15, 0.2) is 5.78 Å². The van der Waals surface area contributed by atoms with Crippen molar-refractivity contribution in [1.29, 1.82) is 10.5 Å². The minimum absolute atomic E-state index is 0.233. The summed E-state index contributed by atoms with van der Waals surface area (Å²) >= 11 is 6.66. The molecule has 2 unspecified atom stereocenters. The van der Waals surface area contributed by atoms with E-state index in [2.05, 4.69) is 38.1 Å². The number of carbonyl (C=O) groups excluding carboxylic acids is 1. The van der Waals surface area contributed by atoms with E-state index in [-0.39, 0.29) is 23.4 Å². The highest BCUT2D eigenvalue weighted by Crippen LogP contribution is 2.38. The summed E-state index contributed by atoms with van der Waals surface area (Å²) in [6, 6.07) is 22.9. The van der Waals surface area contributed by atoms with E-state index in [4.69, 9.17) is 11.6 Å². The van der Waals surface area contributed by atoms with Gasteiger partial charge in [0.2, 0.25) is 0 Å². The van der Waals surface area contributed by atoms with Crippen LogP contribution in [0.5, 0.6) is 0 Å². The molecule has 0 saturated heterocycles. The normalized spacial score (nSPS) is 15.0. The minimum Gasteiger partial charge on any atom is -0.377 e. The van der Waals surface area contributed by atoms with Crippen molar-refractivity contribution < 1.29 is 6.17 Å². The molecule has 0 spiro atoms. The lowest BCUT2D eigenvalue weighted by molar-refractivity contribution is 0.101. The zero-order valence-electron chi connectivity index (χ0n) is 25.0. The van der Waals surface area contributed by atoms with Crippen LogP contribution in [0.4, 0.5) is 11.4 Å². The van der Waals surface area contributed by atoms with E-state index in [0.717, 1.165) is 18.4 Å². The first-order valence-electron chi connectivity index (χ1n) is 14.8. The molecule has 2 heterocycles. The largest absolute Gasteiger partial charge is 0.377 e. The topological polar surface area (TPSA) is 132 Å². The second-order valence-electron chi connectivity index (χ2n) is 10.7. The van der Waals surface area contributed by atoms with Crippen LogP contribution in [0.2, 0.25) is 5.02 Å². The molecule has 218 valence electrons. The zero-order valence-corrected chi connectivity index (χ0v) is 24.7. The van der Waals surface area contributed by atoms with Gasteiger partial charge in [-0.3, -0.25) is 9.78 Å². The molecule has 1 saturated carbocycles. The summed E-state index contributed by atoms with van der Waals surface area (Å²) in [5.41, 5.74) is 3.67. The van der Waals surface area contributed by atoms with Gasteiger partial charge in [-0.2, -0.15) is 10.5 Å². The Balaban J connectivity index is 1.52. The average Bonchev–Trinajstić information content (AvgIpc) is 3.78. The van der Waals surface area contributed by atoms with Gasteiger partial charge in [0.1, 0.15) is 11.8 Å². The standard InChI is InChI=1S/C34H29ClN8O/c1-21(44)27-16-24(39-34(26-10-5-6-11-29(26)35)31-20-43(42-41-31)25-13-14-25)17-28-32(23(18-37)19-38-33(27)28)40-30(12-7-15-36)22-8-3-2-4-9-22/h2-6,8-11,16-17,19-20,25,30,34,39H,7,12-14H2,1H3,(H,38,40)/i34D. The molecule has 0 aliphatic heterocycles. The third-order valence-corrected chi connectivity index (χ3v) is 7.97. The molecule has 2 aromatic heterocycles. The van der Waals surface area contributed by atoms with E-state index in [0.29, 0.717) is 57.0 Å². The Hall–Kier alpha value is -5.25. The van der Waals surface area contributed by atoms with Crippen LogP contribution in [0, 0.1) is 22.7 Å². The maximum absolute atomic E-state index is 13.0. The Labute approximate surface area is 261 Å². The second kappa shape index (κ2) is 12.5. The predicted molar refractivity (Wildman–Crippen MR) is 169 cm³/mol. The summed E-state index contributed by atoms with van der Waals surface area (Å²) in [6.07, 6.45) is 6.00. The summed E-state index contributed by atoms with van der Waals surface area (Å²) in [6.45, 7) is 1.45. The lowest BCUT2D eigenvalue weighted by atomic mass is 9.98. The molecule has 10 heteroatoms. The highest BCUT2D eigenvalue weighted by atomic mass is 35.5. The number of benzene rings is 3. The molecule has 1 fully saturated rings. The molecule has 0 radical (unpaired) electrons. The van der Waals surface area contributed by atoms with Crippen LogP contribution in [0.1, 0.15) is 84.8 Å². The molecule has 0 amide bonds. The lowest BCUT2D eigenvalue weighted by Gasteiger charge is -2.23. The molecule has 2 N–H and O–H groups in total. The van der Waals surface area contributed by atoms with Crippen molar-refractivity contribution in [3.05, 3.63) is 112 Å². The monoisotopic (exact) mass is 601 g/mol. The van der Waals surface area contributed by atoms with Crippen LogP contribution >= 0.6 is 11.6 Å². The first-order chi connectivity index (χ1) is 21.8. The number of ketones is 1. The molecule has 6 rings (SSSR count). The Bertz CT molecular complexity index is 1980. The fraction of sp³-hybridized carbons (Fsp3) is 0.235. The molecule has 44 heavy (non-hydrogen) atoms. The number of halogens is 1. The number of rotatable bonds is 11. The number of nitrogens with zero attached hydrogens (tertiary/aromatic N) is 6. The van der Waals surface area contributed by atoms with Gasteiger partial charge in [0.05, 0.1) is 48.5 Å². The number of carbonyl (C=O) groups is 1. The SMILES string of the molecule is [2H]C(Nc1cc(C(C)=O)c2ncc(C#N)c(NC(CCC#N)c3ccccc3)c2c1)(c1cn(C2CC2)nn1)c1ccccc1Cl. The van der Waals surface area contributed by atoms with Crippen molar-refractivity contribution in [2.24, 2.45) is 0 Å². The van der Waals surface area contributed by atoms with Crippen molar-refractivity contribution in [3.63, 3.8) is 0 Å². The Kier molecular flexibility index (Phi) is 7.86. The summed E-state index contributed by atoms with van der Waals surface area (Å²) in [5, 5.41) is 35.8. The molecule has 2 atom stereocenters. The van der Waals surface area contributed by atoms with E-state index in [1.165, 1.54) is 13.1 Å². The summed E-state index contributed by atoms with van der Waals surface area (Å²) in [5.74, 6) is -0.233. The fourth-order valence-electron chi connectivity index (χ4n) is 5.26. The van der Waals surface area contributed by atoms with Crippen molar-refractivity contribution in [3.8, 4) is 12.1 Å². The van der Waals surface area contributed by atoms with E-state index in [1.807, 2.05) is 30.3 Å². The number of nitrogens with one attached hydrogen (secondary N) is 2. The van der Waals surface area contributed by atoms with Gasteiger partial charge in [0, 0.05) is 34.3 Å². The van der Waals surface area contributed by atoms with Crippen molar-refractivity contribution in [2.45, 2.75) is 50.7 Å². The highest BCUT2D eigenvalue weighted by molar-refractivity contribution is 6.31. The number of pyridine rings is 1. The Morgan fingerprint density at radius 1 is 1.14 bits per heavy atom. The summed E-state index contributed by atoms with van der Waals surface area (Å²) in [7, 11) is 0. The summed E-state index contributed by atoms with van der Waals surface area (Å²) < 4.78 is 11.5. The smallest absolute Gasteiger partial charge is 0.162 e. The molecule has 9 nitrogen and oxygen atoms in total. The zero-order chi connectivity index (χ0) is 31.6. The van der Waals surface area contributed by atoms with Gasteiger partial charge >= 0.3 is 0 Å². The first-order valence-corrected chi connectivity index (χ1v) is 14.7. The van der Waals surface area contributed by atoms with E-state index >= 15 is 0 Å². The number of nitriles is 2. The van der Waals surface area contributed by atoms with E-state index in [1.54, 1.807) is 47.3 Å². The van der Waals surface area contributed by atoms with Gasteiger partial charge in [0.25, 0.3) is 0 Å². The molecule has 1 aliphatic rings. The molecule has 5 aromatic rings. The minimum atomic E-state index is -1.68. The second-order valence-corrected chi connectivity index (χ2v) is 11.1. The highest BCUT2D eigenvalue weighted by Gasteiger charge is 2.28. The maximum atomic E-state index is 13.0. The molecule has 0 bridgehead atoms. The van der Waals surface area contributed by atoms with Gasteiger partial charge in [-0.15, -0.1) is 5.10 Å². The average molecular weight is 602 g/mol. The lowest BCUT2D eigenvalue weighted by Crippen LogP contribution is -2.15. The summed E-state index contributed by atoms with van der Waals surface area (Å²) in [4.78, 5) is 17.5. The molecular weight excluding hydrogens is 572 g/mol. The Morgan fingerprint density at radius 2 is 1.91 bits per heavy atom. The number of hydrogen-bond donors (Lipinski definition) is 2. The third-order valence-electron chi connectivity index (χ3n) is 7.64. The van der Waals surface area contributed by atoms with Gasteiger partial charge < -0.3 is 10.6 Å². The predicted octanol–water partition coefficient (Wildman–Crippen LogP) is 7.55. The number of Topliss-reactive ketones (excluding diaryl/α,β-unsaturated/α-hetero) is 1. The molecular formula is C34H29ClN8O. The maximum Gasteiger partial charge on any atom is 0.162 e. The van der Waals surface area contributed by atoms with Gasteiger partial charge in [-0.25, -0.2) is 4.68 Å². The van der Waals surface area contributed by atoms with Crippen LogP contribution in [0.3, 0.4) is 0 Å². The van der Waals surface area contributed by atoms with Crippen molar-refractivity contribution in [2.75, 3.05) is 10.6 Å². The van der Waals surface area contributed by atoms with Crippen LogP contribution in [0.25, 0.3) is 10.9 Å². The number of aromatic nitrogens is 4. The Morgan fingerprint density at radius 3 is 2.61 bits per heavy atom. The van der Waals surface area contributed by atoms with Gasteiger partial charge in [-0.1, -0.05) is 65.3 Å². The van der Waals surface area contributed by atoms with Crippen LogP contribution in [-0.4, -0.2) is 25.8 Å². The van der Waals surface area contributed by atoms with Gasteiger partial charge in [-0.05, 0) is 55.5 Å². The quantitative estimate of drug-likeness (QED) is 0.148. The molecule has 3 aromatic carbocycles. The number of hydrogen-bond acceptors (Lipinski definition) is 8. The van der Waals surface area contributed by atoms with Crippen molar-refractivity contribution >= 4 is 39.7 Å².